The van der Waals surface area contributed by atoms with E-state index in [-0.39, 0.29) is 11.7 Å². The zero-order valence-corrected chi connectivity index (χ0v) is 18.1. The standard InChI is InChI=1S/C23H24F2N4O3/c1-14(32-18-11-16(24)10-17(25)12-18)19-8-15(23(30)28(2)3)9-20-22(19)27-21(13-26-20)29-4-6-31-7-5-29/h8-14H,4-7H2,1-3H3. The van der Waals surface area contributed by atoms with Crippen molar-refractivity contribution in [3.05, 3.63) is 59.3 Å². The molecule has 9 heteroatoms. The lowest BCUT2D eigenvalue weighted by atomic mass is 10.0. The number of carbonyl (C=O) groups is 1. The molecule has 4 rings (SSSR count). The highest BCUT2D eigenvalue weighted by Gasteiger charge is 2.21. The van der Waals surface area contributed by atoms with E-state index in [1.165, 1.54) is 4.90 Å². The molecule has 1 aromatic heterocycles. The molecule has 1 aliphatic rings. The summed E-state index contributed by atoms with van der Waals surface area (Å²) in [6, 6.07) is 6.39. The van der Waals surface area contributed by atoms with Gasteiger partial charge in [0.15, 0.2) is 0 Å². The Morgan fingerprint density at radius 3 is 2.47 bits per heavy atom. The van der Waals surface area contributed by atoms with Crippen LogP contribution in [0.2, 0.25) is 0 Å². The Labute approximate surface area is 184 Å². The summed E-state index contributed by atoms with van der Waals surface area (Å²) in [6.45, 7) is 4.34. The van der Waals surface area contributed by atoms with E-state index in [0.29, 0.717) is 54.3 Å². The van der Waals surface area contributed by atoms with Crippen LogP contribution in [-0.2, 0) is 4.74 Å². The highest BCUT2D eigenvalue weighted by molar-refractivity contribution is 5.98. The van der Waals surface area contributed by atoms with Crippen LogP contribution in [0.1, 0.15) is 28.9 Å². The minimum atomic E-state index is -0.733. The number of amides is 1. The predicted molar refractivity (Wildman–Crippen MR) is 116 cm³/mol. The van der Waals surface area contributed by atoms with Gasteiger partial charge in [-0.3, -0.25) is 9.78 Å². The molecule has 0 N–H and O–H groups in total. The van der Waals surface area contributed by atoms with E-state index in [1.54, 1.807) is 39.3 Å². The molecule has 0 saturated carbocycles. The molecule has 1 unspecified atom stereocenters. The van der Waals surface area contributed by atoms with Gasteiger partial charge in [0.05, 0.1) is 30.4 Å². The lowest BCUT2D eigenvalue weighted by Gasteiger charge is -2.28. The molecule has 168 valence electrons. The van der Waals surface area contributed by atoms with Crippen molar-refractivity contribution < 1.29 is 23.0 Å². The van der Waals surface area contributed by atoms with Crippen LogP contribution in [0.25, 0.3) is 11.0 Å². The summed E-state index contributed by atoms with van der Waals surface area (Å²) in [5.41, 5.74) is 2.12. The van der Waals surface area contributed by atoms with Gasteiger partial charge in [0.25, 0.3) is 5.91 Å². The Hall–Kier alpha value is -3.33. The summed E-state index contributed by atoms with van der Waals surface area (Å²) in [4.78, 5) is 25.5. The first-order valence-electron chi connectivity index (χ1n) is 10.3. The Kier molecular flexibility index (Phi) is 6.18. The topological polar surface area (TPSA) is 67.8 Å². The van der Waals surface area contributed by atoms with Crippen LogP contribution in [0.4, 0.5) is 14.6 Å². The molecule has 0 bridgehead atoms. The van der Waals surface area contributed by atoms with Crippen molar-refractivity contribution in [2.75, 3.05) is 45.3 Å². The number of ether oxygens (including phenoxy) is 2. The van der Waals surface area contributed by atoms with Crippen LogP contribution in [0.3, 0.4) is 0 Å². The highest BCUT2D eigenvalue weighted by atomic mass is 19.1. The maximum atomic E-state index is 13.6. The fourth-order valence-corrected chi connectivity index (χ4v) is 3.63. The molecular formula is C23H24F2N4O3. The normalized spacial score (nSPS) is 15.0. The molecule has 0 radical (unpaired) electrons. The summed E-state index contributed by atoms with van der Waals surface area (Å²) in [5, 5.41) is 0. The van der Waals surface area contributed by atoms with Gasteiger partial charge in [0.2, 0.25) is 0 Å². The lowest BCUT2D eigenvalue weighted by molar-refractivity contribution is 0.0827. The number of aromatic nitrogens is 2. The Morgan fingerprint density at radius 2 is 1.81 bits per heavy atom. The van der Waals surface area contributed by atoms with Crippen LogP contribution >= 0.6 is 0 Å². The van der Waals surface area contributed by atoms with Crippen molar-refractivity contribution in [3.8, 4) is 5.75 Å². The molecule has 7 nitrogen and oxygen atoms in total. The van der Waals surface area contributed by atoms with Crippen molar-refractivity contribution >= 4 is 22.8 Å². The zero-order valence-electron chi connectivity index (χ0n) is 18.1. The maximum Gasteiger partial charge on any atom is 0.253 e. The quantitative estimate of drug-likeness (QED) is 0.602. The molecule has 1 atom stereocenters. The van der Waals surface area contributed by atoms with E-state index in [2.05, 4.69) is 9.88 Å². The second-order valence-electron chi connectivity index (χ2n) is 7.83. The van der Waals surface area contributed by atoms with Gasteiger partial charge >= 0.3 is 0 Å². The molecule has 1 amide bonds. The number of carbonyl (C=O) groups excluding carboxylic acids is 1. The van der Waals surface area contributed by atoms with Crippen molar-refractivity contribution in [2.45, 2.75) is 13.0 Å². The number of hydrogen-bond donors (Lipinski definition) is 0. The molecule has 1 aliphatic heterocycles. The van der Waals surface area contributed by atoms with E-state index in [9.17, 15) is 13.6 Å². The van der Waals surface area contributed by atoms with Crippen molar-refractivity contribution in [2.24, 2.45) is 0 Å². The summed E-state index contributed by atoms with van der Waals surface area (Å²) >= 11 is 0. The van der Waals surface area contributed by atoms with Gasteiger partial charge in [0.1, 0.15) is 29.3 Å². The average molecular weight is 442 g/mol. The van der Waals surface area contributed by atoms with Crippen molar-refractivity contribution in [3.63, 3.8) is 0 Å². The zero-order chi connectivity index (χ0) is 22.8. The van der Waals surface area contributed by atoms with Gasteiger partial charge in [-0.1, -0.05) is 0 Å². The molecule has 1 saturated heterocycles. The van der Waals surface area contributed by atoms with Crippen LogP contribution in [0.5, 0.6) is 5.75 Å². The molecule has 0 spiro atoms. The fraction of sp³-hybridized carbons (Fsp3) is 0.348. The Morgan fingerprint density at radius 1 is 1.12 bits per heavy atom. The molecule has 32 heavy (non-hydrogen) atoms. The molecule has 0 aliphatic carbocycles. The third kappa shape index (κ3) is 4.62. The second-order valence-corrected chi connectivity index (χ2v) is 7.83. The van der Waals surface area contributed by atoms with Gasteiger partial charge in [-0.25, -0.2) is 13.8 Å². The monoisotopic (exact) mass is 442 g/mol. The number of hydrogen-bond acceptors (Lipinski definition) is 6. The predicted octanol–water partition coefficient (Wildman–Crippen LogP) is 3.59. The van der Waals surface area contributed by atoms with Crippen LogP contribution in [0.15, 0.2) is 36.5 Å². The SMILES string of the molecule is CC(Oc1cc(F)cc(F)c1)c1cc(C(=O)N(C)C)cc2ncc(N3CCOCC3)nc12. The van der Waals surface area contributed by atoms with Gasteiger partial charge in [-0.2, -0.15) is 0 Å². The second kappa shape index (κ2) is 9.04. The fourth-order valence-electron chi connectivity index (χ4n) is 3.63. The highest BCUT2D eigenvalue weighted by Crippen LogP contribution is 2.30. The first kappa shape index (κ1) is 21.9. The summed E-state index contributed by atoms with van der Waals surface area (Å²) < 4.78 is 38.5. The number of anilines is 1. The average Bonchev–Trinajstić information content (AvgIpc) is 2.77. The minimum Gasteiger partial charge on any atom is -0.486 e. The summed E-state index contributed by atoms with van der Waals surface area (Å²) in [6.07, 6.45) is 1.03. The molecular weight excluding hydrogens is 418 g/mol. The summed E-state index contributed by atoms with van der Waals surface area (Å²) in [5.74, 6) is -0.926. The van der Waals surface area contributed by atoms with E-state index in [0.717, 1.165) is 18.2 Å². The number of morpholine rings is 1. The lowest BCUT2D eigenvalue weighted by Crippen LogP contribution is -2.36. The number of fused-ring (bicyclic) bond motifs is 1. The third-order valence-corrected chi connectivity index (χ3v) is 5.24. The van der Waals surface area contributed by atoms with Crippen molar-refractivity contribution in [1.82, 2.24) is 14.9 Å². The number of rotatable bonds is 5. The largest absolute Gasteiger partial charge is 0.486 e. The van der Waals surface area contributed by atoms with E-state index in [1.807, 2.05) is 0 Å². The van der Waals surface area contributed by atoms with Crippen molar-refractivity contribution in [1.29, 1.82) is 0 Å². The third-order valence-electron chi connectivity index (χ3n) is 5.24. The van der Waals surface area contributed by atoms with E-state index >= 15 is 0 Å². The van der Waals surface area contributed by atoms with Crippen LogP contribution in [-0.4, -0.2) is 61.2 Å². The van der Waals surface area contributed by atoms with Gasteiger partial charge < -0.3 is 19.3 Å². The molecule has 3 aromatic rings. The molecule has 2 aromatic carbocycles. The summed E-state index contributed by atoms with van der Waals surface area (Å²) in [7, 11) is 3.32. The number of benzene rings is 2. The van der Waals surface area contributed by atoms with Gasteiger partial charge in [-0.15, -0.1) is 0 Å². The van der Waals surface area contributed by atoms with Crippen LogP contribution < -0.4 is 9.64 Å². The Bertz CT molecular complexity index is 1130. The maximum absolute atomic E-state index is 13.6. The molecule has 1 fully saturated rings. The first-order chi connectivity index (χ1) is 15.3. The number of nitrogens with zero attached hydrogens (tertiary/aromatic N) is 4. The first-order valence-corrected chi connectivity index (χ1v) is 10.3. The van der Waals surface area contributed by atoms with E-state index < -0.39 is 17.7 Å². The van der Waals surface area contributed by atoms with Gasteiger partial charge in [0, 0.05) is 56.5 Å². The molecule has 2 heterocycles. The van der Waals surface area contributed by atoms with E-state index in [4.69, 9.17) is 14.5 Å². The Balaban J connectivity index is 1.79. The smallest absolute Gasteiger partial charge is 0.253 e. The van der Waals surface area contributed by atoms with Crippen LogP contribution in [0, 0.1) is 11.6 Å². The van der Waals surface area contributed by atoms with Gasteiger partial charge in [-0.05, 0) is 19.1 Å². The number of halogens is 2. The minimum absolute atomic E-state index is 0.0461.